The molecule has 5 nitrogen and oxygen atoms in total. The number of carbonyl (C=O) groups excluding carboxylic acids is 1. The number of nitrogens with zero attached hydrogens (tertiary/aromatic N) is 2. The first-order chi connectivity index (χ1) is 10.7. The highest BCUT2D eigenvalue weighted by molar-refractivity contribution is 6.30. The zero-order valence-corrected chi connectivity index (χ0v) is 13.2. The summed E-state index contributed by atoms with van der Waals surface area (Å²) in [5.74, 6) is 0.364. The maximum Gasteiger partial charge on any atom is 0.270 e. The molecule has 0 aliphatic rings. The summed E-state index contributed by atoms with van der Waals surface area (Å²) in [7, 11) is 0. The number of anilines is 2. The molecule has 0 unspecified atom stereocenters. The second kappa shape index (κ2) is 8.34. The Bertz CT molecular complexity index is 633. The minimum atomic E-state index is -0.187. The summed E-state index contributed by atoms with van der Waals surface area (Å²) >= 11 is 5.94. The molecule has 0 saturated heterocycles. The highest BCUT2D eigenvalue weighted by atomic mass is 35.5. The van der Waals surface area contributed by atoms with Gasteiger partial charge in [-0.15, -0.1) is 0 Å². The lowest BCUT2D eigenvalue weighted by Crippen LogP contribution is -2.25. The van der Waals surface area contributed by atoms with Gasteiger partial charge in [0.05, 0.1) is 0 Å². The Morgan fingerprint density at radius 2 is 2.09 bits per heavy atom. The van der Waals surface area contributed by atoms with Crippen molar-refractivity contribution in [3.05, 3.63) is 47.4 Å². The smallest absolute Gasteiger partial charge is 0.270 e. The van der Waals surface area contributed by atoms with Gasteiger partial charge in [-0.25, -0.2) is 9.97 Å². The van der Waals surface area contributed by atoms with Gasteiger partial charge >= 0.3 is 0 Å². The normalized spacial score (nSPS) is 10.3. The summed E-state index contributed by atoms with van der Waals surface area (Å²) in [6.07, 6.45) is 4.57. The molecule has 1 amide bonds. The molecule has 0 saturated carbocycles. The summed E-state index contributed by atoms with van der Waals surface area (Å²) in [6, 6.07) is 8.91. The molecule has 6 heteroatoms. The van der Waals surface area contributed by atoms with Gasteiger partial charge in [0.1, 0.15) is 17.8 Å². The molecular formula is C16H19ClN4O. The van der Waals surface area contributed by atoms with E-state index < -0.39 is 0 Å². The Morgan fingerprint density at radius 3 is 2.86 bits per heavy atom. The van der Waals surface area contributed by atoms with Crippen molar-refractivity contribution in [1.29, 1.82) is 0 Å². The molecule has 0 aliphatic heterocycles. The quantitative estimate of drug-likeness (QED) is 0.762. The van der Waals surface area contributed by atoms with Crippen LogP contribution in [0.15, 0.2) is 36.7 Å². The third-order valence-electron chi connectivity index (χ3n) is 3.06. The van der Waals surface area contributed by atoms with Gasteiger partial charge in [-0.1, -0.05) is 37.4 Å². The number of nitrogens with one attached hydrogen (secondary N) is 2. The van der Waals surface area contributed by atoms with E-state index in [0.29, 0.717) is 23.1 Å². The molecule has 2 N–H and O–H groups in total. The molecule has 0 spiro atoms. The average Bonchev–Trinajstić information content (AvgIpc) is 2.52. The van der Waals surface area contributed by atoms with E-state index in [0.717, 1.165) is 24.9 Å². The molecule has 0 aliphatic carbocycles. The average molecular weight is 319 g/mol. The lowest BCUT2D eigenvalue weighted by atomic mass is 10.2. The van der Waals surface area contributed by atoms with Gasteiger partial charge in [0.2, 0.25) is 0 Å². The van der Waals surface area contributed by atoms with Gasteiger partial charge in [-0.05, 0) is 24.6 Å². The van der Waals surface area contributed by atoms with E-state index in [9.17, 15) is 4.79 Å². The van der Waals surface area contributed by atoms with Crippen molar-refractivity contribution in [2.45, 2.75) is 26.2 Å². The molecule has 116 valence electrons. The molecule has 1 aromatic carbocycles. The van der Waals surface area contributed by atoms with Crippen molar-refractivity contribution in [2.24, 2.45) is 0 Å². The predicted molar refractivity (Wildman–Crippen MR) is 88.6 cm³/mol. The van der Waals surface area contributed by atoms with Crippen molar-refractivity contribution < 1.29 is 4.79 Å². The lowest BCUT2D eigenvalue weighted by molar-refractivity contribution is 0.0948. The number of unbranched alkanes of at least 4 members (excludes halogenated alkanes) is 2. The number of halogens is 1. The van der Waals surface area contributed by atoms with Crippen molar-refractivity contribution in [1.82, 2.24) is 15.3 Å². The number of carbonyl (C=O) groups is 1. The number of amides is 1. The van der Waals surface area contributed by atoms with E-state index in [-0.39, 0.29) is 5.91 Å². The summed E-state index contributed by atoms with van der Waals surface area (Å²) in [5, 5.41) is 6.59. The van der Waals surface area contributed by atoms with Crippen LogP contribution in [0.5, 0.6) is 0 Å². The van der Waals surface area contributed by atoms with Crippen LogP contribution in [-0.2, 0) is 0 Å². The molecule has 22 heavy (non-hydrogen) atoms. The first-order valence-corrected chi connectivity index (χ1v) is 7.69. The van der Waals surface area contributed by atoms with Crippen LogP contribution in [0.2, 0.25) is 5.02 Å². The molecule has 1 aromatic heterocycles. The molecule has 0 fully saturated rings. The van der Waals surface area contributed by atoms with Crippen LogP contribution >= 0.6 is 11.6 Å². The SMILES string of the molecule is CCCCCNC(=O)c1cc(Nc2cccc(Cl)c2)ncn1. The summed E-state index contributed by atoms with van der Waals surface area (Å²) in [4.78, 5) is 20.1. The van der Waals surface area contributed by atoms with Crippen LogP contribution in [0.25, 0.3) is 0 Å². The van der Waals surface area contributed by atoms with E-state index >= 15 is 0 Å². The zero-order chi connectivity index (χ0) is 15.8. The Morgan fingerprint density at radius 1 is 1.23 bits per heavy atom. The standard InChI is InChI=1S/C16H19ClN4O/c1-2-3-4-8-18-16(22)14-10-15(20-11-19-14)21-13-7-5-6-12(17)9-13/h5-7,9-11H,2-4,8H2,1H3,(H,18,22)(H,19,20,21). The summed E-state index contributed by atoms with van der Waals surface area (Å²) in [5.41, 5.74) is 1.15. The zero-order valence-electron chi connectivity index (χ0n) is 12.5. The third kappa shape index (κ3) is 5.00. The van der Waals surface area contributed by atoms with Crippen LogP contribution in [-0.4, -0.2) is 22.4 Å². The van der Waals surface area contributed by atoms with E-state index in [1.807, 2.05) is 12.1 Å². The number of rotatable bonds is 7. The minimum Gasteiger partial charge on any atom is -0.351 e. The van der Waals surface area contributed by atoms with E-state index in [1.54, 1.807) is 18.2 Å². The highest BCUT2D eigenvalue weighted by Crippen LogP contribution is 2.18. The third-order valence-corrected chi connectivity index (χ3v) is 3.30. The van der Waals surface area contributed by atoms with Gasteiger partial charge in [0, 0.05) is 23.3 Å². The van der Waals surface area contributed by atoms with Crippen molar-refractivity contribution in [3.8, 4) is 0 Å². The van der Waals surface area contributed by atoms with Crippen LogP contribution in [0.1, 0.15) is 36.7 Å². The summed E-state index contributed by atoms with van der Waals surface area (Å²) in [6.45, 7) is 2.79. The summed E-state index contributed by atoms with van der Waals surface area (Å²) < 4.78 is 0. The predicted octanol–water partition coefficient (Wildman–Crippen LogP) is 3.79. The fraction of sp³-hybridized carbons (Fsp3) is 0.312. The molecule has 0 atom stereocenters. The lowest BCUT2D eigenvalue weighted by Gasteiger charge is -2.08. The molecule has 0 radical (unpaired) electrons. The van der Waals surface area contributed by atoms with Gasteiger partial charge < -0.3 is 10.6 Å². The molecular weight excluding hydrogens is 300 g/mol. The number of hydrogen-bond acceptors (Lipinski definition) is 4. The minimum absolute atomic E-state index is 0.187. The number of hydrogen-bond donors (Lipinski definition) is 2. The Labute approximate surface area is 135 Å². The maximum absolute atomic E-state index is 12.0. The molecule has 2 rings (SSSR count). The van der Waals surface area contributed by atoms with Crippen LogP contribution in [0.4, 0.5) is 11.5 Å². The van der Waals surface area contributed by atoms with Crippen molar-refractivity contribution in [2.75, 3.05) is 11.9 Å². The Balaban J connectivity index is 1.98. The molecule has 1 heterocycles. The first-order valence-electron chi connectivity index (χ1n) is 7.32. The van der Waals surface area contributed by atoms with E-state index in [4.69, 9.17) is 11.6 Å². The van der Waals surface area contributed by atoms with Crippen LogP contribution < -0.4 is 10.6 Å². The second-order valence-electron chi connectivity index (χ2n) is 4.89. The van der Waals surface area contributed by atoms with Gasteiger partial charge in [-0.2, -0.15) is 0 Å². The van der Waals surface area contributed by atoms with Crippen LogP contribution in [0, 0.1) is 0 Å². The Hall–Kier alpha value is -2.14. The second-order valence-corrected chi connectivity index (χ2v) is 5.32. The van der Waals surface area contributed by atoms with Gasteiger partial charge in [0.25, 0.3) is 5.91 Å². The fourth-order valence-electron chi connectivity index (χ4n) is 1.93. The topological polar surface area (TPSA) is 66.9 Å². The van der Waals surface area contributed by atoms with Gasteiger partial charge in [-0.3, -0.25) is 4.79 Å². The van der Waals surface area contributed by atoms with E-state index in [1.165, 1.54) is 6.33 Å². The highest BCUT2D eigenvalue weighted by Gasteiger charge is 2.08. The maximum atomic E-state index is 12.0. The van der Waals surface area contributed by atoms with Crippen LogP contribution in [0.3, 0.4) is 0 Å². The number of aromatic nitrogens is 2. The van der Waals surface area contributed by atoms with Gasteiger partial charge in [0.15, 0.2) is 0 Å². The largest absolute Gasteiger partial charge is 0.351 e. The van der Waals surface area contributed by atoms with Crippen molar-refractivity contribution in [3.63, 3.8) is 0 Å². The van der Waals surface area contributed by atoms with Crippen molar-refractivity contribution >= 4 is 29.0 Å². The molecule has 0 bridgehead atoms. The Kier molecular flexibility index (Phi) is 6.15. The fourth-order valence-corrected chi connectivity index (χ4v) is 2.12. The number of benzene rings is 1. The monoisotopic (exact) mass is 318 g/mol. The van der Waals surface area contributed by atoms with E-state index in [2.05, 4.69) is 27.5 Å². The molecule has 2 aromatic rings. The first kappa shape index (κ1) is 16.2.